The number of halogens is 1. The maximum Gasteiger partial charge on any atom is 0.104 e. The molecule has 92 valence electrons. The van der Waals surface area contributed by atoms with Gasteiger partial charge in [0.2, 0.25) is 0 Å². The van der Waals surface area contributed by atoms with E-state index in [-0.39, 0.29) is 24.0 Å². The minimum absolute atomic E-state index is 0. The highest BCUT2D eigenvalue weighted by Gasteiger charge is 2.17. The molecule has 0 bridgehead atoms. The van der Waals surface area contributed by atoms with Crippen LogP contribution in [0.5, 0.6) is 0 Å². The Kier molecular flexibility index (Phi) is 4.55. The second-order valence-electron chi connectivity index (χ2n) is 5.54. The minimum Gasteiger partial charge on any atom is -1.00 e. The maximum atomic E-state index is 2.33. The molecule has 0 aromatic heterocycles. The SMILES string of the molecule is Cc1cc(C[N+](C)(C)C)c2cccccc1-2.[I-]. The van der Waals surface area contributed by atoms with Gasteiger partial charge in [0.15, 0.2) is 0 Å². The summed E-state index contributed by atoms with van der Waals surface area (Å²) in [4.78, 5) is 0. The van der Waals surface area contributed by atoms with Gasteiger partial charge in [0.25, 0.3) is 0 Å². The third-order valence-electron chi connectivity index (χ3n) is 2.84. The molecule has 17 heavy (non-hydrogen) atoms. The Morgan fingerprint density at radius 1 is 0.941 bits per heavy atom. The smallest absolute Gasteiger partial charge is 0.104 e. The van der Waals surface area contributed by atoms with Gasteiger partial charge in [0, 0.05) is 5.56 Å². The van der Waals surface area contributed by atoms with Crippen LogP contribution < -0.4 is 24.0 Å². The van der Waals surface area contributed by atoms with E-state index in [4.69, 9.17) is 0 Å². The number of nitrogens with zero attached hydrogens (tertiary/aromatic N) is 1. The standard InChI is InChI=1S/C15H20N.HI/c1-12-10-13(11-16(2,3)4)15-9-7-5-6-8-14(12)15;/h5-10H,11H2,1-4H3;1H/q+1;/p-1. The zero-order chi connectivity index (χ0) is 11.8. The molecule has 2 aliphatic carbocycles. The van der Waals surface area contributed by atoms with E-state index < -0.39 is 0 Å². The Labute approximate surface area is 121 Å². The Morgan fingerprint density at radius 2 is 1.53 bits per heavy atom. The summed E-state index contributed by atoms with van der Waals surface area (Å²) in [6, 6.07) is 13.1. The molecule has 0 radical (unpaired) electrons. The second-order valence-corrected chi connectivity index (χ2v) is 5.54. The van der Waals surface area contributed by atoms with E-state index in [0.29, 0.717) is 0 Å². The first-order chi connectivity index (χ1) is 7.47. The summed E-state index contributed by atoms with van der Waals surface area (Å²) in [5.74, 6) is 0. The zero-order valence-electron chi connectivity index (χ0n) is 11.0. The third kappa shape index (κ3) is 3.42. The van der Waals surface area contributed by atoms with Gasteiger partial charge in [-0.2, -0.15) is 0 Å². The fraction of sp³-hybridized carbons (Fsp3) is 0.333. The molecular formula is C15H20IN. The Balaban J connectivity index is 0.00000144. The van der Waals surface area contributed by atoms with E-state index in [1.165, 1.54) is 22.3 Å². The lowest BCUT2D eigenvalue weighted by Crippen LogP contribution is -3.00. The maximum absolute atomic E-state index is 2.33. The molecule has 0 saturated heterocycles. The number of hydrogen-bond acceptors (Lipinski definition) is 0. The molecular weight excluding hydrogens is 321 g/mol. The van der Waals surface area contributed by atoms with Crippen molar-refractivity contribution in [2.75, 3.05) is 21.1 Å². The number of hydrogen-bond donors (Lipinski definition) is 0. The summed E-state index contributed by atoms with van der Waals surface area (Å²) in [5, 5.41) is 0. The van der Waals surface area contributed by atoms with Gasteiger partial charge in [-0.3, -0.25) is 0 Å². The van der Waals surface area contributed by atoms with Crippen LogP contribution in [0.3, 0.4) is 0 Å². The highest BCUT2D eigenvalue weighted by molar-refractivity contribution is 5.74. The lowest BCUT2D eigenvalue weighted by atomic mass is 10.1. The molecule has 0 aromatic carbocycles. The van der Waals surface area contributed by atoms with Crippen LogP contribution in [0.15, 0.2) is 36.4 Å². The summed E-state index contributed by atoms with van der Waals surface area (Å²) >= 11 is 0. The van der Waals surface area contributed by atoms with Gasteiger partial charge in [-0.25, -0.2) is 0 Å². The highest BCUT2D eigenvalue weighted by atomic mass is 127. The van der Waals surface area contributed by atoms with Crippen LogP contribution in [-0.2, 0) is 6.54 Å². The van der Waals surface area contributed by atoms with Crippen LogP contribution in [0.1, 0.15) is 11.1 Å². The molecule has 0 amide bonds. The van der Waals surface area contributed by atoms with E-state index in [9.17, 15) is 0 Å². The number of quaternary nitrogens is 1. The summed E-state index contributed by atoms with van der Waals surface area (Å²) < 4.78 is 0.969. The normalized spacial score (nSPS) is 11.3. The average Bonchev–Trinajstić information content (AvgIpc) is 2.39. The molecule has 1 nitrogen and oxygen atoms in total. The van der Waals surface area contributed by atoms with Crippen molar-refractivity contribution < 1.29 is 28.5 Å². The third-order valence-corrected chi connectivity index (χ3v) is 2.84. The van der Waals surface area contributed by atoms with Crippen LogP contribution in [0, 0.1) is 6.92 Å². The zero-order valence-corrected chi connectivity index (χ0v) is 13.2. The molecule has 2 aliphatic rings. The van der Waals surface area contributed by atoms with Crippen molar-refractivity contribution in [3.8, 4) is 11.1 Å². The predicted octanol–water partition coefficient (Wildman–Crippen LogP) is 0.310. The first kappa shape index (κ1) is 14.5. The molecule has 0 atom stereocenters. The van der Waals surface area contributed by atoms with Crippen molar-refractivity contribution in [1.82, 2.24) is 0 Å². The second kappa shape index (κ2) is 5.36. The Bertz CT molecular complexity index is 471. The molecule has 0 aromatic rings. The number of aryl methyl sites for hydroxylation is 1. The molecule has 2 rings (SSSR count). The van der Waals surface area contributed by atoms with Gasteiger partial charge in [0.1, 0.15) is 6.54 Å². The van der Waals surface area contributed by atoms with Crippen molar-refractivity contribution in [1.29, 1.82) is 0 Å². The van der Waals surface area contributed by atoms with Crippen molar-refractivity contribution in [2.24, 2.45) is 0 Å². The molecule has 0 fully saturated rings. The first-order valence-corrected chi connectivity index (χ1v) is 5.75. The molecule has 0 aliphatic heterocycles. The van der Waals surface area contributed by atoms with Crippen LogP contribution in [0.4, 0.5) is 0 Å². The predicted molar refractivity (Wildman–Crippen MR) is 69.5 cm³/mol. The lowest BCUT2D eigenvalue weighted by molar-refractivity contribution is -0.883. The Hall–Kier alpha value is -0.610. The first-order valence-electron chi connectivity index (χ1n) is 5.75. The van der Waals surface area contributed by atoms with Crippen molar-refractivity contribution in [3.63, 3.8) is 0 Å². The molecule has 0 saturated carbocycles. The average molecular weight is 341 g/mol. The van der Waals surface area contributed by atoms with Crippen molar-refractivity contribution >= 4 is 0 Å². The topological polar surface area (TPSA) is 0 Å². The van der Waals surface area contributed by atoms with Gasteiger partial charge < -0.3 is 28.5 Å². The van der Waals surface area contributed by atoms with Crippen molar-refractivity contribution in [2.45, 2.75) is 13.5 Å². The van der Waals surface area contributed by atoms with Gasteiger partial charge in [-0.15, -0.1) is 0 Å². The molecule has 0 unspecified atom stereocenters. The number of rotatable bonds is 2. The van der Waals surface area contributed by atoms with E-state index in [1.807, 2.05) is 0 Å². The molecule has 2 heteroatoms. The van der Waals surface area contributed by atoms with Crippen molar-refractivity contribution in [3.05, 3.63) is 47.5 Å². The largest absolute Gasteiger partial charge is 1.00 e. The van der Waals surface area contributed by atoms with Crippen LogP contribution in [0.25, 0.3) is 11.1 Å². The van der Waals surface area contributed by atoms with E-state index in [2.05, 4.69) is 64.5 Å². The molecule has 0 heterocycles. The van der Waals surface area contributed by atoms with E-state index in [1.54, 1.807) is 0 Å². The van der Waals surface area contributed by atoms with Crippen LogP contribution in [-0.4, -0.2) is 25.6 Å². The quantitative estimate of drug-likeness (QED) is 0.545. The lowest BCUT2D eigenvalue weighted by Gasteiger charge is -2.23. The fourth-order valence-corrected chi connectivity index (χ4v) is 2.23. The number of fused-ring (bicyclic) bond motifs is 1. The van der Waals surface area contributed by atoms with E-state index in [0.717, 1.165) is 11.0 Å². The molecule has 0 spiro atoms. The summed E-state index contributed by atoms with van der Waals surface area (Å²) in [6.07, 6.45) is 0. The fourth-order valence-electron chi connectivity index (χ4n) is 2.23. The monoisotopic (exact) mass is 341 g/mol. The van der Waals surface area contributed by atoms with E-state index >= 15 is 0 Å². The summed E-state index contributed by atoms with van der Waals surface area (Å²) in [7, 11) is 6.70. The minimum atomic E-state index is 0. The van der Waals surface area contributed by atoms with Gasteiger partial charge in [0.05, 0.1) is 21.1 Å². The van der Waals surface area contributed by atoms with Gasteiger partial charge >= 0.3 is 0 Å². The van der Waals surface area contributed by atoms with Crippen LogP contribution in [0.2, 0.25) is 0 Å². The highest BCUT2D eigenvalue weighted by Crippen LogP contribution is 2.32. The molecule has 0 N–H and O–H groups in total. The van der Waals surface area contributed by atoms with Gasteiger partial charge in [-0.1, -0.05) is 30.3 Å². The summed E-state index contributed by atoms with van der Waals surface area (Å²) in [6.45, 7) is 3.27. The summed E-state index contributed by atoms with van der Waals surface area (Å²) in [5.41, 5.74) is 5.62. The van der Waals surface area contributed by atoms with Gasteiger partial charge in [-0.05, 0) is 29.7 Å². The Morgan fingerprint density at radius 3 is 2.12 bits per heavy atom. The van der Waals surface area contributed by atoms with Crippen LogP contribution >= 0.6 is 0 Å².